The van der Waals surface area contributed by atoms with E-state index in [9.17, 15) is 24.9 Å². The number of allylic oxidation sites excluding steroid dienone is 1. The third-order valence-electron chi connectivity index (χ3n) is 13.3. The molecule has 4 aromatic carbocycles. The van der Waals surface area contributed by atoms with Crippen LogP contribution in [0.3, 0.4) is 0 Å². The number of oxime groups is 1. The molecule has 4 aromatic rings. The Morgan fingerprint density at radius 1 is 0.789 bits per heavy atom. The molecule has 7 rings (SSSR count). The van der Waals surface area contributed by atoms with Crippen LogP contribution in [0.1, 0.15) is 73.1 Å². The van der Waals surface area contributed by atoms with Crippen LogP contribution in [0.5, 0.6) is 11.5 Å². The van der Waals surface area contributed by atoms with Gasteiger partial charge in [-0.15, -0.1) is 6.58 Å². The fourth-order valence-corrected chi connectivity index (χ4v) is 10.1. The number of carbonyl (C=O) groups excluding carboxylic acids is 2. The van der Waals surface area contributed by atoms with Crippen molar-refractivity contribution in [2.24, 2.45) is 22.9 Å². The molecule has 71 heavy (non-hydrogen) atoms. The third kappa shape index (κ3) is 14.1. The molecule has 4 N–H and O–H groups in total. The summed E-state index contributed by atoms with van der Waals surface area (Å²) in [6.07, 6.45) is 6.90. The Kier molecular flexibility index (Phi) is 20.4. The highest BCUT2D eigenvalue weighted by molar-refractivity contribution is 6.03. The lowest BCUT2D eigenvalue weighted by Crippen LogP contribution is -2.70. The van der Waals surface area contributed by atoms with Gasteiger partial charge in [-0.1, -0.05) is 121 Å². The van der Waals surface area contributed by atoms with Crippen LogP contribution in [-0.4, -0.2) is 109 Å². The molecule has 2 amide bonds. The van der Waals surface area contributed by atoms with E-state index in [-0.39, 0.29) is 96.7 Å². The van der Waals surface area contributed by atoms with Crippen molar-refractivity contribution < 1.29 is 58.2 Å². The standard InChI is InChI=1S/C56H69N3O12/c1-2-30-68-56-51(59(26-31-65-32-29-62)55(64)67-34-33-66-39-42-18-8-4-9-19-42)37-49(58-69-40-43-20-10-5-11-21-43)47-35-44(22-12-14-27-60)46(23-13-15-28-61)52(53(47)56)48-36-45(24-25-50(48)71-56)70-54(63)57-38-41-16-6-3-7-17-41/h2-11,16-21,24-25,35-36,44,46,51-53,60-62H,1,12-15,22-23,26-34,37-40H2,(H,57,63)/t44-,46+,51-,52+,53+,56+/m0/s1. The molecule has 0 aromatic heterocycles. The predicted octanol–water partition coefficient (Wildman–Crippen LogP) is 8.47. The number of aliphatic hydroxyl groups is 3. The lowest BCUT2D eigenvalue weighted by Gasteiger charge is -2.59. The van der Waals surface area contributed by atoms with Gasteiger partial charge in [0.1, 0.15) is 30.8 Å². The summed E-state index contributed by atoms with van der Waals surface area (Å²) in [4.78, 5) is 36.0. The largest absolute Gasteiger partial charge is 0.459 e. The summed E-state index contributed by atoms with van der Waals surface area (Å²) in [7, 11) is 0. The van der Waals surface area contributed by atoms with Crippen LogP contribution >= 0.6 is 0 Å². The molecule has 6 atom stereocenters. The lowest BCUT2D eigenvalue weighted by molar-refractivity contribution is -0.256. The maximum atomic E-state index is 14.8. The first-order valence-electron chi connectivity index (χ1n) is 24.9. The van der Waals surface area contributed by atoms with Crippen molar-refractivity contribution in [1.82, 2.24) is 10.2 Å². The number of ether oxygens (including phenoxy) is 6. The summed E-state index contributed by atoms with van der Waals surface area (Å²) in [6.45, 7) is 5.02. The van der Waals surface area contributed by atoms with E-state index in [0.29, 0.717) is 43.1 Å². The minimum Gasteiger partial charge on any atom is -0.459 e. The second-order valence-corrected chi connectivity index (χ2v) is 17.9. The molecule has 0 spiro atoms. The molecule has 1 aliphatic heterocycles. The highest BCUT2D eigenvalue weighted by atomic mass is 16.7. The zero-order valence-electron chi connectivity index (χ0n) is 40.5. The number of hydrogen-bond acceptors (Lipinski definition) is 13. The molecule has 0 unspecified atom stereocenters. The van der Waals surface area contributed by atoms with Gasteiger partial charge in [-0.3, -0.25) is 4.90 Å². The monoisotopic (exact) mass is 975 g/mol. The maximum absolute atomic E-state index is 14.8. The zero-order valence-corrected chi connectivity index (χ0v) is 40.5. The third-order valence-corrected chi connectivity index (χ3v) is 13.3. The molecular weight excluding hydrogens is 907 g/mol. The summed E-state index contributed by atoms with van der Waals surface area (Å²) in [5.74, 6) is -1.91. The van der Waals surface area contributed by atoms with Gasteiger partial charge in [-0.25, -0.2) is 9.59 Å². The number of benzene rings is 4. The van der Waals surface area contributed by atoms with Gasteiger partial charge in [0, 0.05) is 44.2 Å². The molecule has 15 heteroatoms. The van der Waals surface area contributed by atoms with Crippen molar-refractivity contribution in [3.05, 3.63) is 156 Å². The topological polar surface area (TPSA) is 187 Å². The van der Waals surface area contributed by atoms with Crippen molar-refractivity contribution in [3.63, 3.8) is 0 Å². The number of amides is 2. The van der Waals surface area contributed by atoms with Crippen molar-refractivity contribution in [3.8, 4) is 11.5 Å². The van der Waals surface area contributed by atoms with Crippen LogP contribution < -0.4 is 14.8 Å². The van der Waals surface area contributed by atoms with Crippen molar-refractivity contribution in [1.29, 1.82) is 0 Å². The molecule has 1 fully saturated rings. The fourth-order valence-electron chi connectivity index (χ4n) is 10.1. The lowest BCUT2D eigenvalue weighted by atomic mass is 9.55. The Morgan fingerprint density at radius 2 is 1.48 bits per heavy atom. The number of rotatable bonds is 28. The van der Waals surface area contributed by atoms with Crippen LogP contribution in [0, 0.1) is 17.8 Å². The average molecular weight is 976 g/mol. The van der Waals surface area contributed by atoms with Gasteiger partial charge in [0.15, 0.2) is 0 Å². The summed E-state index contributed by atoms with van der Waals surface area (Å²) < 4.78 is 38.1. The Hall–Kier alpha value is -6.07. The van der Waals surface area contributed by atoms with Crippen molar-refractivity contribution in [2.75, 3.05) is 59.4 Å². The van der Waals surface area contributed by atoms with Gasteiger partial charge < -0.3 is 53.9 Å². The molecule has 1 saturated carbocycles. The minimum atomic E-state index is -1.59. The van der Waals surface area contributed by atoms with Gasteiger partial charge in [0.05, 0.1) is 51.3 Å². The Bertz CT molecular complexity index is 2330. The first-order chi connectivity index (χ1) is 34.9. The minimum absolute atomic E-state index is 0.0296. The smallest absolute Gasteiger partial charge is 0.412 e. The Labute approximate surface area is 417 Å². The first-order valence-corrected chi connectivity index (χ1v) is 24.9. The summed E-state index contributed by atoms with van der Waals surface area (Å²) in [5.41, 5.74) is 5.05. The second kappa shape index (κ2) is 27.5. The molecule has 1 heterocycles. The quantitative estimate of drug-likeness (QED) is 0.0242. The number of aliphatic hydroxyl groups excluding tert-OH is 3. The van der Waals surface area contributed by atoms with E-state index >= 15 is 0 Å². The molecule has 0 radical (unpaired) electrons. The molecule has 380 valence electrons. The van der Waals surface area contributed by atoms with Gasteiger partial charge in [-0.2, -0.15) is 0 Å². The maximum Gasteiger partial charge on any atom is 0.412 e. The van der Waals surface area contributed by atoms with E-state index in [2.05, 4.69) is 18.0 Å². The van der Waals surface area contributed by atoms with E-state index < -0.39 is 29.9 Å². The van der Waals surface area contributed by atoms with Gasteiger partial charge in [0.2, 0.25) is 5.79 Å². The second-order valence-electron chi connectivity index (χ2n) is 17.9. The number of carbonyl (C=O) groups is 2. The number of nitrogens with zero attached hydrogens (tertiary/aromatic N) is 2. The average Bonchev–Trinajstić information content (AvgIpc) is 3.39. The SMILES string of the molecule is C=CCO[C@@]12Oc3ccc(OC(=O)NCc4ccccc4)cc3[C@H]3[C@H](CCCCO)[C@@H](CCCCO)C=C(C(=NOCc4ccccc4)C[C@@H]1N(CCOCCO)C(=O)OCCOCc1ccccc1)[C@H]32. The van der Waals surface area contributed by atoms with Crippen LogP contribution in [0.4, 0.5) is 9.59 Å². The highest BCUT2D eigenvalue weighted by Gasteiger charge is 2.65. The first kappa shape index (κ1) is 52.7. The van der Waals surface area contributed by atoms with Crippen LogP contribution in [0.15, 0.2) is 139 Å². The molecule has 0 saturated heterocycles. The number of nitrogens with one attached hydrogen (secondary N) is 1. The van der Waals surface area contributed by atoms with Gasteiger partial charge in [0.25, 0.3) is 0 Å². The summed E-state index contributed by atoms with van der Waals surface area (Å²) in [6, 6.07) is 33.5. The normalized spacial score (nSPS) is 21.5. The number of unbranched alkanes of at least 4 members (excludes halogenated alkanes) is 2. The molecule has 3 aliphatic rings. The van der Waals surface area contributed by atoms with Crippen molar-refractivity contribution in [2.45, 2.75) is 82.5 Å². The molecular formula is C56H69N3O12. The Morgan fingerprint density at radius 3 is 2.17 bits per heavy atom. The molecule has 2 aliphatic carbocycles. The molecule has 0 bridgehead atoms. The van der Waals surface area contributed by atoms with E-state index in [1.165, 1.54) is 0 Å². The van der Waals surface area contributed by atoms with Gasteiger partial charge in [-0.05, 0) is 78.0 Å². The van der Waals surface area contributed by atoms with Crippen molar-refractivity contribution >= 4 is 17.9 Å². The van der Waals surface area contributed by atoms with Crippen LogP contribution in [-0.2, 0) is 43.5 Å². The number of hydrogen-bond donors (Lipinski definition) is 4. The summed E-state index contributed by atoms with van der Waals surface area (Å²) >= 11 is 0. The predicted molar refractivity (Wildman–Crippen MR) is 268 cm³/mol. The Balaban J connectivity index is 1.33. The van der Waals surface area contributed by atoms with E-state index in [1.807, 2.05) is 97.1 Å². The van der Waals surface area contributed by atoms with Crippen LogP contribution in [0.25, 0.3) is 0 Å². The summed E-state index contributed by atoms with van der Waals surface area (Å²) in [5, 5.41) is 37.5. The van der Waals surface area contributed by atoms with E-state index in [0.717, 1.165) is 47.1 Å². The molecule has 15 nitrogen and oxygen atoms in total. The van der Waals surface area contributed by atoms with Crippen LogP contribution in [0.2, 0.25) is 0 Å². The zero-order chi connectivity index (χ0) is 49.7. The van der Waals surface area contributed by atoms with E-state index in [1.54, 1.807) is 23.1 Å². The fraction of sp³-hybridized carbons (Fsp3) is 0.446. The van der Waals surface area contributed by atoms with E-state index in [4.69, 9.17) is 38.4 Å². The highest BCUT2D eigenvalue weighted by Crippen LogP contribution is 2.62. The number of fused-ring (bicyclic) bond motifs is 2. The van der Waals surface area contributed by atoms with Gasteiger partial charge >= 0.3 is 12.2 Å².